The number of halogens is 1. The predicted octanol–water partition coefficient (Wildman–Crippen LogP) is 2.62. The lowest BCUT2D eigenvalue weighted by atomic mass is 10.1. The molecule has 0 aromatic heterocycles. The second-order valence-corrected chi connectivity index (χ2v) is 7.52. The van der Waals surface area contributed by atoms with Crippen LogP contribution in [0.15, 0.2) is 23.1 Å². The van der Waals surface area contributed by atoms with E-state index in [1.54, 1.807) is 16.4 Å². The highest BCUT2D eigenvalue weighted by molar-refractivity contribution is 7.89. The smallest absolute Gasteiger partial charge is 0.244 e. The molecular formula is C14H21ClN2O2S. The lowest BCUT2D eigenvalue weighted by Gasteiger charge is -2.32. The fourth-order valence-electron chi connectivity index (χ4n) is 2.61. The molecule has 1 aromatic rings. The van der Waals surface area contributed by atoms with Gasteiger partial charge in [0.1, 0.15) is 4.90 Å². The summed E-state index contributed by atoms with van der Waals surface area (Å²) >= 11 is 6.12. The maximum atomic E-state index is 12.8. The van der Waals surface area contributed by atoms with Gasteiger partial charge in [-0.15, -0.1) is 0 Å². The van der Waals surface area contributed by atoms with Crippen LogP contribution in [0.4, 0.5) is 0 Å². The summed E-state index contributed by atoms with van der Waals surface area (Å²) in [6, 6.07) is 5.22. The Balaban J connectivity index is 2.40. The van der Waals surface area contributed by atoms with Gasteiger partial charge in [-0.05, 0) is 44.5 Å². The Morgan fingerprint density at radius 2 is 2.15 bits per heavy atom. The number of nitrogens with zero attached hydrogens (tertiary/aromatic N) is 1. The molecule has 0 saturated carbocycles. The molecule has 4 nitrogen and oxygen atoms in total. The zero-order chi connectivity index (χ0) is 14.8. The molecule has 1 unspecified atom stereocenters. The minimum absolute atomic E-state index is 0.0396. The third-order valence-corrected chi connectivity index (χ3v) is 6.20. The summed E-state index contributed by atoms with van der Waals surface area (Å²) in [5.41, 5.74) is 0.917. The van der Waals surface area contributed by atoms with Crippen molar-refractivity contribution in [2.45, 2.75) is 43.7 Å². The molecule has 2 rings (SSSR count). The Kier molecular flexibility index (Phi) is 5.07. The first-order valence-corrected chi connectivity index (χ1v) is 8.73. The molecule has 1 aliphatic rings. The maximum absolute atomic E-state index is 12.8. The van der Waals surface area contributed by atoms with E-state index in [0.717, 1.165) is 24.8 Å². The molecule has 0 spiro atoms. The first-order valence-electron chi connectivity index (χ1n) is 6.91. The van der Waals surface area contributed by atoms with Crippen LogP contribution in [0.3, 0.4) is 0 Å². The molecule has 0 aliphatic carbocycles. The number of benzene rings is 1. The van der Waals surface area contributed by atoms with E-state index >= 15 is 0 Å². The van der Waals surface area contributed by atoms with Crippen molar-refractivity contribution in [1.29, 1.82) is 0 Å². The molecule has 1 saturated heterocycles. The van der Waals surface area contributed by atoms with Gasteiger partial charge >= 0.3 is 0 Å². The molecule has 1 N–H and O–H groups in total. The van der Waals surface area contributed by atoms with Crippen LogP contribution in [0, 0.1) is 0 Å². The number of sulfonamides is 1. The molecule has 1 aliphatic heterocycles. The molecule has 1 atom stereocenters. The van der Waals surface area contributed by atoms with E-state index in [4.69, 9.17) is 11.6 Å². The summed E-state index contributed by atoms with van der Waals surface area (Å²) in [7, 11) is -1.68. The summed E-state index contributed by atoms with van der Waals surface area (Å²) < 4.78 is 27.2. The molecular weight excluding hydrogens is 296 g/mol. The Bertz CT molecular complexity index is 575. The lowest BCUT2D eigenvalue weighted by molar-refractivity contribution is 0.268. The SMILES string of the molecule is CNCc1ccc(Cl)c(S(=O)(=O)N2CCCCC2C)c1. The van der Waals surface area contributed by atoms with E-state index in [2.05, 4.69) is 5.32 Å². The fraction of sp³-hybridized carbons (Fsp3) is 0.571. The van der Waals surface area contributed by atoms with Gasteiger partial charge in [0.15, 0.2) is 0 Å². The van der Waals surface area contributed by atoms with E-state index in [9.17, 15) is 8.42 Å². The maximum Gasteiger partial charge on any atom is 0.244 e. The molecule has 0 radical (unpaired) electrons. The van der Waals surface area contributed by atoms with Gasteiger partial charge < -0.3 is 5.32 Å². The van der Waals surface area contributed by atoms with Gasteiger partial charge in [-0.3, -0.25) is 0 Å². The van der Waals surface area contributed by atoms with Gasteiger partial charge in [-0.25, -0.2) is 8.42 Å². The van der Waals surface area contributed by atoms with Gasteiger partial charge in [-0.1, -0.05) is 24.1 Å². The average molecular weight is 317 g/mol. The molecule has 1 fully saturated rings. The van der Waals surface area contributed by atoms with E-state index in [0.29, 0.717) is 18.1 Å². The topological polar surface area (TPSA) is 49.4 Å². The highest BCUT2D eigenvalue weighted by atomic mass is 35.5. The monoisotopic (exact) mass is 316 g/mol. The molecule has 1 aromatic carbocycles. The van der Waals surface area contributed by atoms with E-state index < -0.39 is 10.0 Å². The molecule has 0 bridgehead atoms. The van der Waals surface area contributed by atoms with Crippen molar-refractivity contribution < 1.29 is 8.42 Å². The van der Waals surface area contributed by atoms with E-state index in [-0.39, 0.29) is 10.9 Å². The van der Waals surface area contributed by atoms with Crippen molar-refractivity contribution in [3.8, 4) is 0 Å². The Morgan fingerprint density at radius 1 is 1.40 bits per heavy atom. The zero-order valence-electron chi connectivity index (χ0n) is 11.9. The fourth-order valence-corrected chi connectivity index (χ4v) is 4.84. The molecule has 1 heterocycles. The van der Waals surface area contributed by atoms with Crippen molar-refractivity contribution in [1.82, 2.24) is 9.62 Å². The summed E-state index contributed by atoms with van der Waals surface area (Å²) in [6.45, 7) is 3.16. The number of rotatable bonds is 4. The van der Waals surface area contributed by atoms with Crippen LogP contribution in [0.5, 0.6) is 0 Å². The predicted molar refractivity (Wildman–Crippen MR) is 81.4 cm³/mol. The third-order valence-electron chi connectivity index (χ3n) is 3.71. The third kappa shape index (κ3) is 3.17. The van der Waals surface area contributed by atoms with Gasteiger partial charge in [0.25, 0.3) is 0 Å². The van der Waals surface area contributed by atoms with Crippen molar-refractivity contribution >= 4 is 21.6 Å². The summed E-state index contributed by atoms with van der Waals surface area (Å²) in [6.07, 6.45) is 2.91. The quantitative estimate of drug-likeness (QED) is 0.929. The number of piperidine rings is 1. The second kappa shape index (κ2) is 6.43. The van der Waals surface area contributed by atoms with Crippen molar-refractivity contribution in [2.24, 2.45) is 0 Å². The van der Waals surface area contributed by atoms with Gasteiger partial charge in [0.05, 0.1) is 5.02 Å². The molecule has 0 amide bonds. The van der Waals surface area contributed by atoms with Gasteiger partial charge in [0.2, 0.25) is 10.0 Å². The van der Waals surface area contributed by atoms with Gasteiger partial charge in [-0.2, -0.15) is 4.31 Å². The summed E-state index contributed by atoms with van der Waals surface area (Å²) in [4.78, 5) is 0.223. The summed E-state index contributed by atoms with van der Waals surface area (Å²) in [5.74, 6) is 0. The molecule has 112 valence electrons. The first kappa shape index (κ1) is 15.8. The van der Waals surface area contributed by atoms with Crippen LogP contribution in [0.1, 0.15) is 31.7 Å². The Labute approximate surface area is 126 Å². The number of hydrogen-bond acceptors (Lipinski definition) is 3. The zero-order valence-corrected chi connectivity index (χ0v) is 13.5. The summed E-state index contributed by atoms with van der Waals surface area (Å²) in [5, 5.41) is 3.31. The van der Waals surface area contributed by atoms with Crippen LogP contribution < -0.4 is 5.32 Å². The Morgan fingerprint density at radius 3 is 2.80 bits per heavy atom. The van der Waals surface area contributed by atoms with Crippen molar-refractivity contribution in [3.63, 3.8) is 0 Å². The minimum Gasteiger partial charge on any atom is -0.316 e. The van der Waals surface area contributed by atoms with Crippen LogP contribution in [-0.2, 0) is 16.6 Å². The Hall–Kier alpha value is -0.620. The van der Waals surface area contributed by atoms with Gasteiger partial charge in [0, 0.05) is 19.1 Å². The first-order chi connectivity index (χ1) is 9.46. The largest absolute Gasteiger partial charge is 0.316 e. The standard InChI is InChI=1S/C14H21ClN2O2S/c1-11-5-3-4-8-17(11)20(18,19)14-9-12(10-16-2)6-7-13(14)15/h6-7,9,11,16H,3-5,8,10H2,1-2H3. The van der Waals surface area contributed by atoms with E-state index in [1.807, 2.05) is 20.0 Å². The van der Waals surface area contributed by atoms with Crippen molar-refractivity contribution in [2.75, 3.05) is 13.6 Å². The highest BCUT2D eigenvalue weighted by Crippen LogP contribution is 2.30. The number of hydrogen-bond donors (Lipinski definition) is 1. The molecule has 20 heavy (non-hydrogen) atoms. The normalized spacial score (nSPS) is 21.1. The lowest BCUT2D eigenvalue weighted by Crippen LogP contribution is -2.42. The number of nitrogens with one attached hydrogen (secondary N) is 1. The van der Waals surface area contributed by atoms with E-state index in [1.165, 1.54) is 0 Å². The second-order valence-electron chi connectivity index (χ2n) is 5.26. The average Bonchev–Trinajstić information content (AvgIpc) is 2.41. The van der Waals surface area contributed by atoms with Crippen LogP contribution in [0.25, 0.3) is 0 Å². The minimum atomic E-state index is -3.51. The van der Waals surface area contributed by atoms with Crippen LogP contribution in [0.2, 0.25) is 5.02 Å². The van der Waals surface area contributed by atoms with Crippen molar-refractivity contribution in [3.05, 3.63) is 28.8 Å². The van der Waals surface area contributed by atoms with Crippen LogP contribution in [-0.4, -0.2) is 32.4 Å². The highest BCUT2D eigenvalue weighted by Gasteiger charge is 2.32. The van der Waals surface area contributed by atoms with Crippen LogP contribution >= 0.6 is 11.6 Å². The molecule has 6 heteroatoms.